The number of rotatable bonds is 5. The zero-order chi connectivity index (χ0) is 12.8. The van der Waals surface area contributed by atoms with Crippen LogP contribution in [0, 0.1) is 0 Å². The molecule has 0 spiro atoms. The summed E-state index contributed by atoms with van der Waals surface area (Å²) in [7, 11) is 0. The predicted molar refractivity (Wildman–Crippen MR) is 77.7 cm³/mol. The highest BCUT2D eigenvalue weighted by atomic mass is 32.1. The fraction of sp³-hybridized carbons (Fsp3) is 0.200. The van der Waals surface area contributed by atoms with Gasteiger partial charge in [-0.1, -0.05) is 30.4 Å². The summed E-state index contributed by atoms with van der Waals surface area (Å²) >= 11 is 1.70. The number of para-hydroxylation sites is 1. The number of ether oxygens (including phenoxy) is 1. The van der Waals surface area contributed by atoms with E-state index in [1.54, 1.807) is 11.3 Å². The molecule has 0 atom stereocenters. The quantitative estimate of drug-likeness (QED) is 0.886. The maximum absolute atomic E-state index is 5.85. The van der Waals surface area contributed by atoms with Crippen molar-refractivity contribution in [1.29, 1.82) is 0 Å². The van der Waals surface area contributed by atoms with Gasteiger partial charge in [-0.3, -0.25) is 0 Å². The number of benzene rings is 1. The average Bonchev–Trinajstić information content (AvgIpc) is 2.86. The van der Waals surface area contributed by atoms with Crippen molar-refractivity contribution >= 4 is 17.4 Å². The minimum absolute atomic E-state index is 0.596. The summed E-state index contributed by atoms with van der Waals surface area (Å²) in [6.07, 6.45) is 4.06. The number of thiophene rings is 1. The lowest BCUT2D eigenvalue weighted by Gasteiger charge is -2.07. The van der Waals surface area contributed by atoms with E-state index in [0.29, 0.717) is 13.2 Å². The van der Waals surface area contributed by atoms with Gasteiger partial charge in [0.2, 0.25) is 0 Å². The molecule has 0 aliphatic heterocycles. The molecule has 1 aromatic heterocycles. The van der Waals surface area contributed by atoms with Crippen molar-refractivity contribution in [3.63, 3.8) is 0 Å². The van der Waals surface area contributed by atoms with E-state index in [1.807, 2.05) is 31.2 Å². The Morgan fingerprint density at radius 3 is 2.67 bits per heavy atom. The lowest BCUT2D eigenvalue weighted by Crippen LogP contribution is -1.94. The molecule has 2 rings (SSSR count). The van der Waals surface area contributed by atoms with E-state index < -0.39 is 0 Å². The molecule has 2 aromatic rings. The van der Waals surface area contributed by atoms with Crippen molar-refractivity contribution in [2.75, 3.05) is 0 Å². The second kappa shape index (κ2) is 6.38. The number of hydrogen-bond donors (Lipinski definition) is 1. The molecule has 0 radical (unpaired) electrons. The molecule has 0 aliphatic carbocycles. The topological polar surface area (TPSA) is 35.2 Å². The van der Waals surface area contributed by atoms with Crippen molar-refractivity contribution in [2.45, 2.75) is 20.1 Å². The van der Waals surface area contributed by atoms with Crippen LogP contribution in [0.1, 0.15) is 22.2 Å². The van der Waals surface area contributed by atoms with Gasteiger partial charge in [0.15, 0.2) is 0 Å². The van der Waals surface area contributed by atoms with E-state index in [0.717, 1.165) is 11.3 Å². The maximum Gasteiger partial charge on any atom is 0.127 e. The standard InChI is InChI=1S/C15H17NOS/c1-2-5-12-6-3-4-7-15(12)17-11-14-9-8-13(10-16)18-14/h2-9H,10-11,16H2,1H3/b5-2+. The summed E-state index contributed by atoms with van der Waals surface area (Å²) in [4.78, 5) is 2.39. The van der Waals surface area contributed by atoms with E-state index in [4.69, 9.17) is 10.5 Å². The lowest BCUT2D eigenvalue weighted by molar-refractivity contribution is 0.309. The van der Waals surface area contributed by atoms with Crippen LogP contribution in [0.15, 0.2) is 42.5 Å². The van der Waals surface area contributed by atoms with Crippen molar-refractivity contribution < 1.29 is 4.74 Å². The van der Waals surface area contributed by atoms with Gasteiger partial charge in [-0.2, -0.15) is 0 Å². The first-order chi connectivity index (χ1) is 8.83. The average molecular weight is 259 g/mol. The minimum Gasteiger partial charge on any atom is -0.487 e. The molecular formula is C15H17NOS. The van der Waals surface area contributed by atoms with Crippen LogP contribution < -0.4 is 10.5 Å². The van der Waals surface area contributed by atoms with Gasteiger partial charge < -0.3 is 10.5 Å². The molecule has 1 aromatic carbocycles. The van der Waals surface area contributed by atoms with Gasteiger partial charge in [0, 0.05) is 21.9 Å². The summed E-state index contributed by atoms with van der Waals surface area (Å²) in [6.45, 7) is 3.20. The molecule has 0 unspecified atom stereocenters. The number of allylic oxidation sites excluding steroid dienone is 1. The van der Waals surface area contributed by atoms with Crippen molar-refractivity contribution in [1.82, 2.24) is 0 Å². The third-order valence-corrected chi connectivity index (χ3v) is 3.63. The van der Waals surface area contributed by atoms with Crippen LogP contribution in [0.25, 0.3) is 6.08 Å². The van der Waals surface area contributed by atoms with Gasteiger partial charge in [-0.05, 0) is 25.1 Å². The van der Waals surface area contributed by atoms with Crippen molar-refractivity contribution in [2.24, 2.45) is 5.73 Å². The molecule has 0 fully saturated rings. The van der Waals surface area contributed by atoms with Gasteiger partial charge in [0.05, 0.1) is 0 Å². The van der Waals surface area contributed by atoms with Gasteiger partial charge in [-0.15, -0.1) is 11.3 Å². The maximum atomic E-state index is 5.85. The second-order valence-electron chi connectivity index (χ2n) is 3.90. The van der Waals surface area contributed by atoms with E-state index in [2.05, 4.69) is 24.3 Å². The van der Waals surface area contributed by atoms with Crippen LogP contribution in [0.5, 0.6) is 5.75 Å². The number of hydrogen-bond acceptors (Lipinski definition) is 3. The minimum atomic E-state index is 0.596. The summed E-state index contributed by atoms with van der Waals surface area (Å²) in [5.41, 5.74) is 6.70. The van der Waals surface area contributed by atoms with Gasteiger partial charge in [0.25, 0.3) is 0 Å². The van der Waals surface area contributed by atoms with Crippen LogP contribution in [0.2, 0.25) is 0 Å². The Morgan fingerprint density at radius 2 is 1.94 bits per heavy atom. The molecule has 2 N–H and O–H groups in total. The van der Waals surface area contributed by atoms with Crippen LogP contribution in [0.3, 0.4) is 0 Å². The summed E-state index contributed by atoms with van der Waals surface area (Å²) in [5, 5.41) is 0. The molecule has 0 bridgehead atoms. The molecule has 1 heterocycles. The Kier molecular flexibility index (Phi) is 4.56. The van der Waals surface area contributed by atoms with Crippen LogP contribution in [0.4, 0.5) is 0 Å². The molecular weight excluding hydrogens is 242 g/mol. The SMILES string of the molecule is C/C=C/c1ccccc1OCc1ccc(CN)s1. The van der Waals surface area contributed by atoms with Gasteiger partial charge in [0.1, 0.15) is 12.4 Å². The molecule has 18 heavy (non-hydrogen) atoms. The Balaban J connectivity index is 2.05. The lowest BCUT2D eigenvalue weighted by atomic mass is 10.2. The second-order valence-corrected chi connectivity index (χ2v) is 5.15. The summed E-state index contributed by atoms with van der Waals surface area (Å²) in [5.74, 6) is 0.915. The highest BCUT2D eigenvalue weighted by molar-refractivity contribution is 7.11. The smallest absolute Gasteiger partial charge is 0.127 e. The van der Waals surface area contributed by atoms with Gasteiger partial charge in [-0.25, -0.2) is 0 Å². The van der Waals surface area contributed by atoms with E-state index in [9.17, 15) is 0 Å². The molecule has 3 heteroatoms. The predicted octanol–water partition coefficient (Wildman–Crippen LogP) is 3.82. The molecule has 0 amide bonds. The monoisotopic (exact) mass is 259 g/mol. The van der Waals surface area contributed by atoms with Crippen molar-refractivity contribution in [3.8, 4) is 5.75 Å². The summed E-state index contributed by atoms with van der Waals surface area (Å²) in [6, 6.07) is 12.2. The zero-order valence-corrected chi connectivity index (χ0v) is 11.2. The molecule has 2 nitrogen and oxygen atoms in total. The zero-order valence-electron chi connectivity index (χ0n) is 10.4. The summed E-state index contributed by atoms with van der Waals surface area (Å²) < 4.78 is 5.85. The van der Waals surface area contributed by atoms with E-state index >= 15 is 0 Å². The molecule has 0 saturated carbocycles. The first kappa shape index (κ1) is 12.9. The first-order valence-electron chi connectivity index (χ1n) is 5.95. The van der Waals surface area contributed by atoms with Crippen molar-refractivity contribution in [3.05, 3.63) is 57.8 Å². The fourth-order valence-corrected chi connectivity index (χ4v) is 2.50. The fourth-order valence-electron chi connectivity index (χ4n) is 1.69. The Bertz CT molecular complexity index is 531. The highest BCUT2D eigenvalue weighted by Gasteiger charge is 2.02. The molecule has 94 valence electrons. The Hall–Kier alpha value is -1.58. The third kappa shape index (κ3) is 3.22. The normalized spacial score (nSPS) is 11.0. The third-order valence-electron chi connectivity index (χ3n) is 2.55. The largest absolute Gasteiger partial charge is 0.487 e. The van der Waals surface area contributed by atoms with E-state index in [-0.39, 0.29) is 0 Å². The van der Waals surface area contributed by atoms with Crippen LogP contribution in [-0.2, 0) is 13.2 Å². The molecule has 0 aliphatic rings. The molecule has 0 saturated heterocycles. The van der Waals surface area contributed by atoms with Gasteiger partial charge >= 0.3 is 0 Å². The Morgan fingerprint density at radius 1 is 1.17 bits per heavy atom. The first-order valence-corrected chi connectivity index (χ1v) is 6.77. The number of nitrogens with two attached hydrogens (primary N) is 1. The highest BCUT2D eigenvalue weighted by Crippen LogP contribution is 2.23. The van der Waals surface area contributed by atoms with Crippen LogP contribution >= 0.6 is 11.3 Å². The van der Waals surface area contributed by atoms with Crippen LogP contribution in [-0.4, -0.2) is 0 Å². The van der Waals surface area contributed by atoms with E-state index in [1.165, 1.54) is 9.75 Å². The Labute approximate surface area is 112 Å².